The lowest BCUT2D eigenvalue weighted by atomic mass is 10.1. The zero-order valence-electron chi connectivity index (χ0n) is 12.4. The Morgan fingerprint density at radius 3 is 2.68 bits per heavy atom. The molecule has 0 saturated carbocycles. The van der Waals surface area contributed by atoms with Gasteiger partial charge < -0.3 is 24.0 Å². The molecule has 4 aromatic rings. The van der Waals surface area contributed by atoms with Crippen LogP contribution in [0, 0.1) is 0 Å². The molecule has 0 atom stereocenters. The molecule has 4 heteroatoms. The highest BCUT2D eigenvalue weighted by atomic mass is 127. The molecule has 112 valence electrons. The molecule has 0 fully saturated rings. The van der Waals surface area contributed by atoms with E-state index in [0.717, 1.165) is 46.7 Å². The predicted molar refractivity (Wildman–Crippen MR) is 85.0 cm³/mol. The van der Waals surface area contributed by atoms with Crippen LogP contribution in [0.4, 0.5) is 0 Å². The summed E-state index contributed by atoms with van der Waals surface area (Å²) in [7, 11) is 0. The Labute approximate surface area is 145 Å². The first-order chi connectivity index (χ1) is 10.3. The van der Waals surface area contributed by atoms with E-state index in [2.05, 4.69) is 29.8 Å². The van der Waals surface area contributed by atoms with Gasteiger partial charge in [-0.2, -0.15) is 4.57 Å². The lowest BCUT2D eigenvalue weighted by Crippen LogP contribution is -3.00. The van der Waals surface area contributed by atoms with E-state index in [-0.39, 0.29) is 29.5 Å². The van der Waals surface area contributed by atoms with E-state index >= 15 is 0 Å². The van der Waals surface area contributed by atoms with Crippen molar-refractivity contribution in [3.05, 3.63) is 59.0 Å². The highest BCUT2D eigenvalue weighted by Crippen LogP contribution is 2.28. The van der Waals surface area contributed by atoms with Gasteiger partial charge >= 0.3 is 0 Å². The number of para-hydroxylation sites is 1. The average Bonchev–Trinajstić information content (AvgIpc) is 2.86. The Hall–Kier alpha value is -1.69. The Morgan fingerprint density at radius 1 is 1.05 bits per heavy atom. The fourth-order valence-corrected chi connectivity index (χ4v) is 3.22. The van der Waals surface area contributed by atoms with Crippen LogP contribution in [0.5, 0.6) is 0 Å². The third kappa shape index (κ3) is 2.08. The third-order valence-corrected chi connectivity index (χ3v) is 4.24. The number of pyridine rings is 2. The smallest absolute Gasteiger partial charge is 0.256 e. The highest BCUT2D eigenvalue weighted by molar-refractivity contribution is 6.11. The number of halogens is 1. The fourth-order valence-electron chi connectivity index (χ4n) is 3.22. The lowest BCUT2D eigenvalue weighted by molar-refractivity contribution is -0.671. The summed E-state index contributed by atoms with van der Waals surface area (Å²) in [5.74, 6) is 0. The summed E-state index contributed by atoms with van der Waals surface area (Å²) in [5, 5.41) is 2.31. The van der Waals surface area contributed by atoms with Gasteiger partial charge in [0.25, 0.3) is 5.56 Å². The van der Waals surface area contributed by atoms with Crippen LogP contribution < -0.4 is 34.1 Å². The number of nitrogens with zero attached hydrogens (tertiary/aromatic N) is 2. The van der Waals surface area contributed by atoms with Gasteiger partial charge in [0.15, 0.2) is 6.20 Å². The molecule has 3 heterocycles. The molecule has 0 amide bonds. The summed E-state index contributed by atoms with van der Waals surface area (Å²) >= 11 is 0. The summed E-state index contributed by atoms with van der Waals surface area (Å²) in [5.41, 5.74) is 3.22. The van der Waals surface area contributed by atoms with E-state index < -0.39 is 0 Å². The molecule has 0 aliphatic carbocycles. The van der Waals surface area contributed by atoms with Crippen LogP contribution in [0.15, 0.2) is 53.5 Å². The zero-order chi connectivity index (χ0) is 14.4. The molecule has 0 aliphatic rings. The SMILES string of the molecule is CCCC[n+]1ccc2c3ccccc3n3c(=O)ccc1c23.[I-]. The van der Waals surface area contributed by atoms with Gasteiger partial charge in [-0.1, -0.05) is 31.5 Å². The molecule has 0 N–H and O–H groups in total. The minimum absolute atomic E-state index is 0. The maximum Gasteiger partial charge on any atom is 0.256 e. The average molecular weight is 404 g/mol. The van der Waals surface area contributed by atoms with Crippen LogP contribution in [0.2, 0.25) is 0 Å². The van der Waals surface area contributed by atoms with Crippen molar-refractivity contribution in [2.45, 2.75) is 26.3 Å². The molecule has 3 aromatic heterocycles. The van der Waals surface area contributed by atoms with E-state index in [4.69, 9.17) is 0 Å². The molecule has 3 nitrogen and oxygen atoms in total. The van der Waals surface area contributed by atoms with Crippen LogP contribution in [0.1, 0.15) is 19.8 Å². The Morgan fingerprint density at radius 2 is 1.86 bits per heavy atom. The molecule has 0 saturated heterocycles. The first kappa shape index (κ1) is 15.2. The third-order valence-electron chi connectivity index (χ3n) is 4.24. The van der Waals surface area contributed by atoms with E-state index in [1.807, 2.05) is 28.7 Å². The van der Waals surface area contributed by atoms with Crippen molar-refractivity contribution >= 4 is 27.3 Å². The van der Waals surface area contributed by atoms with Crippen molar-refractivity contribution in [2.75, 3.05) is 0 Å². The van der Waals surface area contributed by atoms with Crippen LogP contribution in [0.25, 0.3) is 27.3 Å². The number of hydrogen-bond acceptors (Lipinski definition) is 1. The molecular formula is C18H17IN2O. The molecule has 0 unspecified atom stereocenters. The van der Waals surface area contributed by atoms with Gasteiger partial charge in [-0.25, -0.2) is 0 Å². The predicted octanol–water partition coefficient (Wildman–Crippen LogP) is 0.135. The van der Waals surface area contributed by atoms with Gasteiger partial charge in [0.05, 0.1) is 5.52 Å². The molecule has 0 bridgehead atoms. The molecule has 0 spiro atoms. The second kappa shape index (κ2) is 5.83. The Balaban J connectivity index is 0.00000144. The van der Waals surface area contributed by atoms with Gasteiger partial charge in [-0.05, 0) is 6.07 Å². The highest BCUT2D eigenvalue weighted by Gasteiger charge is 2.18. The standard InChI is InChI=1S/C18H17N2O.HI/c1-2-3-11-19-12-10-14-13-6-4-5-7-15(13)20-17(21)9-8-16(19)18(14)20;/h4-10,12H,2-3,11H2,1H3;1H/q+1;/p-1. The second-order valence-corrected chi connectivity index (χ2v) is 5.53. The van der Waals surface area contributed by atoms with E-state index in [0.29, 0.717) is 0 Å². The minimum Gasteiger partial charge on any atom is -1.00 e. The lowest BCUT2D eigenvalue weighted by Gasteiger charge is -2.01. The van der Waals surface area contributed by atoms with E-state index in [1.54, 1.807) is 6.07 Å². The van der Waals surface area contributed by atoms with Crippen LogP contribution >= 0.6 is 0 Å². The number of rotatable bonds is 3. The van der Waals surface area contributed by atoms with Gasteiger partial charge in [-0.3, -0.25) is 9.20 Å². The topological polar surface area (TPSA) is 25.4 Å². The summed E-state index contributed by atoms with van der Waals surface area (Å²) in [6, 6.07) is 13.9. The quantitative estimate of drug-likeness (QED) is 0.352. The van der Waals surface area contributed by atoms with Crippen molar-refractivity contribution in [2.24, 2.45) is 0 Å². The maximum absolute atomic E-state index is 12.3. The van der Waals surface area contributed by atoms with Crippen LogP contribution in [-0.4, -0.2) is 4.40 Å². The molecule has 0 aliphatic heterocycles. The van der Waals surface area contributed by atoms with E-state index in [9.17, 15) is 4.79 Å². The number of unbranched alkanes of at least 4 members (excludes halogenated alkanes) is 1. The first-order valence-electron chi connectivity index (χ1n) is 7.49. The number of hydrogen-bond donors (Lipinski definition) is 0. The van der Waals surface area contributed by atoms with Gasteiger partial charge in [0, 0.05) is 35.4 Å². The van der Waals surface area contributed by atoms with Gasteiger partial charge in [-0.15, -0.1) is 0 Å². The summed E-state index contributed by atoms with van der Waals surface area (Å²) < 4.78 is 4.10. The maximum atomic E-state index is 12.3. The molecule has 22 heavy (non-hydrogen) atoms. The fraction of sp³-hybridized carbons (Fsp3) is 0.222. The summed E-state index contributed by atoms with van der Waals surface area (Å²) in [4.78, 5) is 12.3. The monoisotopic (exact) mass is 404 g/mol. The van der Waals surface area contributed by atoms with Crippen molar-refractivity contribution in [1.82, 2.24) is 4.40 Å². The van der Waals surface area contributed by atoms with Crippen molar-refractivity contribution in [3.8, 4) is 0 Å². The van der Waals surface area contributed by atoms with Crippen molar-refractivity contribution in [1.29, 1.82) is 0 Å². The van der Waals surface area contributed by atoms with Crippen LogP contribution in [-0.2, 0) is 6.54 Å². The first-order valence-corrected chi connectivity index (χ1v) is 7.49. The second-order valence-electron chi connectivity index (χ2n) is 5.53. The Kier molecular flexibility index (Phi) is 4.04. The largest absolute Gasteiger partial charge is 1.00 e. The Bertz CT molecular complexity index is 1010. The van der Waals surface area contributed by atoms with Crippen LogP contribution in [0.3, 0.4) is 0 Å². The minimum atomic E-state index is 0. The van der Waals surface area contributed by atoms with Gasteiger partial charge in [0.1, 0.15) is 12.1 Å². The zero-order valence-corrected chi connectivity index (χ0v) is 14.6. The molecule has 1 aromatic carbocycles. The summed E-state index contributed by atoms with van der Waals surface area (Å²) in [6.07, 6.45) is 4.45. The molecular weight excluding hydrogens is 387 g/mol. The van der Waals surface area contributed by atoms with Crippen molar-refractivity contribution < 1.29 is 28.5 Å². The van der Waals surface area contributed by atoms with E-state index in [1.165, 1.54) is 0 Å². The summed E-state index contributed by atoms with van der Waals surface area (Å²) in [6.45, 7) is 3.18. The van der Waals surface area contributed by atoms with Crippen molar-refractivity contribution in [3.63, 3.8) is 0 Å². The number of fused-ring (bicyclic) bond motifs is 3. The van der Waals surface area contributed by atoms with Gasteiger partial charge in [0.2, 0.25) is 5.52 Å². The molecule has 0 radical (unpaired) electrons. The number of aromatic nitrogens is 2. The normalized spacial score (nSPS) is 11.3. The molecule has 4 rings (SSSR count). The number of benzene rings is 1. The number of aryl methyl sites for hydroxylation is 1.